The van der Waals surface area contributed by atoms with Crippen LogP contribution in [0.5, 0.6) is 0 Å². The molecule has 0 saturated carbocycles. The van der Waals surface area contributed by atoms with Crippen LogP contribution in [-0.4, -0.2) is 22.5 Å². The summed E-state index contributed by atoms with van der Waals surface area (Å²) in [5.74, 6) is -0.949. The van der Waals surface area contributed by atoms with Gasteiger partial charge in [0.1, 0.15) is 5.69 Å². The molecular weight excluding hydrogens is 250 g/mol. The van der Waals surface area contributed by atoms with Crippen molar-refractivity contribution in [2.75, 3.05) is 6.61 Å². The highest BCUT2D eigenvalue weighted by atomic mass is 19.3. The zero-order valence-corrected chi connectivity index (χ0v) is 9.65. The van der Waals surface area contributed by atoms with Crippen LogP contribution in [0.2, 0.25) is 0 Å². The van der Waals surface area contributed by atoms with Gasteiger partial charge in [-0.25, -0.2) is 13.6 Å². The van der Waals surface area contributed by atoms with Crippen LogP contribution >= 0.6 is 0 Å². The van der Waals surface area contributed by atoms with Crippen LogP contribution in [0.15, 0.2) is 6.07 Å². The molecule has 0 bridgehead atoms. The number of hydrogen-bond donors (Lipinski definition) is 0. The smallest absolute Gasteiger partial charge is 0.347 e. The van der Waals surface area contributed by atoms with E-state index in [2.05, 4.69) is 9.72 Å². The van der Waals surface area contributed by atoms with E-state index in [1.807, 2.05) is 0 Å². The summed E-state index contributed by atoms with van der Waals surface area (Å²) in [6.07, 6.45) is -2.95. The third-order valence-corrected chi connectivity index (χ3v) is 2.10. The Kier molecular flexibility index (Phi) is 4.24. The first-order valence-corrected chi connectivity index (χ1v) is 4.99. The van der Waals surface area contributed by atoms with E-state index in [4.69, 9.17) is 0 Å². The van der Waals surface area contributed by atoms with Gasteiger partial charge in [-0.05, 0) is 13.8 Å². The van der Waals surface area contributed by atoms with Gasteiger partial charge in [0, 0.05) is 6.07 Å². The third kappa shape index (κ3) is 2.76. The van der Waals surface area contributed by atoms with E-state index in [0.29, 0.717) is 6.07 Å². The molecule has 0 atom stereocenters. The van der Waals surface area contributed by atoms with Crippen LogP contribution in [0.4, 0.5) is 14.5 Å². The fourth-order valence-electron chi connectivity index (χ4n) is 1.39. The molecule has 0 aliphatic heterocycles. The lowest BCUT2D eigenvalue weighted by Gasteiger charge is -2.07. The van der Waals surface area contributed by atoms with Crippen LogP contribution < -0.4 is 0 Å². The van der Waals surface area contributed by atoms with E-state index >= 15 is 0 Å². The number of carbonyl (C=O) groups excluding carboxylic acids is 1. The number of aryl methyl sites for hydroxylation is 1. The van der Waals surface area contributed by atoms with Gasteiger partial charge in [0.25, 0.3) is 12.1 Å². The molecule has 0 N–H and O–H groups in total. The molecule has 1 rings (SSSR count). The summed E-state index contributed by atoms with van der Waals surface area (Å²) in [7, 11) is 0. The third-order valence-electron chi connectivity index (χ3n) is 2.10. The second-order valence-electron chi connectivity index (χ2n) is 3.30. The minimum atomic E-state index is -2.95. The van der Waals surface area contributed by atoms with E-state index in [0.717, 1.165) is 0 Å². The molecule has 1 aromatic rings. The molecule has 0 spiro atoms. The van der Waals surface area contributed by atoms with E-state index in [1.165, 1.54) is 13.8 Å². The molecule has 0 fully saturated rings. The summed E-state index contributed by atoms with van der Waals surface area (Å²) < 4.78 is 29.6. The maximum absolute atomic E-state index is 12.5. The Morgan fingerprint density at radius 3 is 2.67 bits per heavy atom. The largest absolute Gasteiger partial charge is 0.462 e. The Morgan fingerprint density at radius 2 is 2.22 bits per heavy atom. The fourth-order valence-corrected chi connectivity index (χ4v) is 1.39. The maximum Gasteiger partial charge on any atom is 0.347 e. The average molecular weight is 260 g/mol. The number of rotatable bonds is 4. The molecule has 6 nitrogen and oxygen atoms in total. The SMILES string of the molecule is CCOC(=O)c1c([N+](=O)[O-])cc(C(F)F)nc1C. The second-order valence-corrected chi connectivity index (χ2v) is 3.30. The Balaban J connectivity index is 3.41. The van der Waals surface area contributed by atoms with Crippen molar-refractivity contribution in [3.8, 4) is 0 Å². The Morgan fingerprint density at radius 1 is 1.61 bits per heavy atom. The average Bonchev–Trinajstić information content (AvgIpc) is 2.27. The molecule has 0 amide bonds. The van der Waals surface area contributed by atoms with Gasteiger partial charge in [0.15, 0.2) is 5.56 Å². The zero-order valence-electron chi connectivity index (χ0n) is 9.65. The molecule has 1 aromatic heterocycles. The number of nitrogens with zero attached hydrogens (tertiary/aromatic N) is 2. The van der Waals surface area contributed by atoms with Crippen molar-refractivity contribution in [3.63, 3.8) is 0 Å². The van der Waals surface area contributed by atoms with Crippen molar-refractivity contribution in [1.82, 2.24) is 4.98 Å². The summed E-state index contributed by atoms with van der Waals surface area (Å²) in [6, 6.07) is 0.587. The lowest BCUT2D eigenvalue weighted by molar-refractivity contribution is -0.385. The number of halogens is 2. The van der Waals surface area contributed by atoms with Gasteiger partial charge in [-0.15, -0.1) is 0 Å². The normalized spacial score (nSPS) is 10.5. The first kappa shape index (κ1) is 13.9. The van der Waals surface area contributed by atoms with Gasteiger partial charge in [-0.2, -0.15) is 0 Å². The van der Waals surface area contributed by atoms with Crippen molar-refractivity contribution < 1.29 is 23.2 Å². The highest BCUT2D eigenvalue weighted by molar-refractivity contribution is 5.95. The monoisotopic (exact) mass is 260 g/mol. The molecule has 18 heavy (non-hydrogen) atoms. The van der Waals surface area contributed by atoms with Gasteiger partial charge in [0.05, 0.1) is 17.2 Å². The van der Waals surface area contributed by atoms with Gasteiger partial charge in [-0.1, -0.05) is 0 Å². The van der Waals surface area contributed by atoms with Gasteiger partial charge in [-0.3, -0.25) is 15.1 Å². The number of aromatic nitrogens is 1. The number of alkyl halides is 2. The highest BCUT2D eigenvalue weighted by Gasteiger charge is 2.28. The van der Waals surface area contributed by atoms with Crippen molar-refractivity contribution in [1.29, 1.82) is 0 Å². The number of esters is 1. The molecular formula is C10H10F2N2O4. The molecule has 0 radical (unpaired) electrons. The topological polar surface area (TPSA) is 82.3 Å². The Bertz CT molecular complexity index is 491. The number of nitro groups is 1. The van der Waals surface area contributed by atoms with E-state index < -0.39 is 34.3 Å². The van der Waals surface area contributed by atoms with Crippen LogP contribution in [0.3, 0.4) is 0 Å². The van der Waals surface area contributed by atoms with Crippen LogP contribution in [0.25, 0.3) is 0 Å². The predicted molar refractivity (Wildman–Crippen MR) is 56.5 cm³/mol. The van der Waals surface area contributed by atoms with Crippen LogP contribution in [0, 0.1) is 17.0 Å². The summed E-state index contributed by atoms with van der Waals surface area (Å²) in [5, 5.41) is 10.8. The molecule has 98 valence electrons. The molecule has 0 aromatic carbocycles. The summed E-state index contributed by atoms with van der Waals surface area (Å²) in [5.41, 5.74) is -2.02. The fraction of sp³-hybridized carbons (Fsp3) is 0.400. The molecule has 0 unspecified atom stereocenters. The molecule has 8 heteroatoms. The Labute approximate surface area is 101 Å². The first-order chi connectivity index (χ1) is 8.38. The van der Waals surface area contributed by atoms with Crippen molar-refractivity contribution in [3.05, 3.63) is 33.1 Å². The van der Waals surface area contributed by atoms with E-state index in [1.54, 1.807) is 0 Å². The molecule has 0 aliphatic rings. The van der Waals surface area contributed by atoms with Crippen molar-refractivity contribution in [2.24, 2.45) is 0 Å². The molecule has 0 aliphatic carbocycles. The number of carbonyl (C=O) groups is 1. The van der Waals surface area contributed by atoms with Gasteiger partial charge >= 0.3 is 5.97 Å². The Hall–Kier alpha value is -2.12. The number of ether oxygens (including phenoxy) is 1. The lowest BCUT2D eigenvalue weighted by Crippen LogP contribution is -2.12. The van der Waals surface area contributed by atoms with Crippen molar-refractivity contribution >= 4 is 11.7 Å². The standard InChI is InChI=1S/C10H10F2N2O4/c1-3-18-10(15)8-5(2)13-6(9(11)12)4-7(8)14(16)17/h4,9H,3H2,1-2H3. The summed E-state index contributed by atoms with van der Waals surface area (Å²) in [4.78, 5) is 24.9. The first-order valence-electron chi connectivity index (χ1n) is 4.99. The summed E-state index contributed by atoms with van der Waals surface area (Å²) in [6.45, 7) is 2.79. The van der Waals surface area contributed by atoms with Crippen molar-refractivity contribution in [2.45, 2.75) is 20.3 Å². The number of hydrogen-bond acceptors (Lipinski definition) is 5. The minimum absolute atomic E-state index is 0.0199. The van der Waals surface area contributed by atoms with Crippen LogP contribution in [0.1, 0.15) is 35.1 Å². The van der Waals surface area contributed by atoms with Crippen LogP contribution in [-0.2, 0) is 4.74 Å². The summed E-state index contributed by atoms with van der Waals surface area (Å²) >= 11 is 0. The highest BCUT2D eigenvalue weighted by Crippen LogP contribution is 2.27. The predicted octanol–water partition coefficient (Wildman–Crippen LogP) is 2.41. The molecule has 1 heterocycles. The minimum Gasteiger partial charge on any atom is -0.462 e. The second kappa shape index (κ2) is 5.48. The number of pyridine rings is 1. The van der Waals surface area contributed by atoms with Gasteiger partial charge in [0.2, 0.25) is 0 Å². The van der Waals surface area contributed by atoms with Gasteiger partial charge < -0.3 is 4.74 Å². The molecule has 0 saturated heterocycles. The van der Waals surface area contributed by atoms with E-state index in [9.17, 15) is 23.7 Å². The zero-order chi connectivity index (χ0) is 13.9. The maximum atomic E-state index is 12.5. The lowest BCUT2D eigenvalue weighted by atomic mass is 10.1. The van der Waals surface area contributed by atoms with E-state index in [-0.39, 0.29) is 12.3 Å². The quantitative estimate of drug-likeness (QED) is 0.471.